The highest BCUT2D eigenvalue weighted by atomic mass is 32.1. The molecule has 0 radical (unpaired) electrons. The van der Waals surface area contributed by atoms with Crippen LogP contribution in [0.25, 0.3) is 0 Å². The van der Waals surface area contributed by atoms with Crippen molar-refractivity contribution >= 4 is 25.3 Å². The van der Waals surface area contributed by atoms with Crippen molar-refractivity contribution in [3.05, 3.63) is 11.4 Å². The van der Waals surface area contributed by atoms with Crippen LogP contribution in [-0.2, 0) is 4.57 Å². The molecule has 4 nitrogen and oxygen atoms in total. The summed E-state index contributed by atoms with van der Waals surface area (Å²) in [7, 11) is -2.87. The van der Waals surface area contributed by atoms with Gasteiger partial charge < -0.3 is 15.2 Å². The normalized spacial score (nSPS) is 12.9. The molecule has 3 N–H and O–H groups in total. The summed E-state index contributed by atoms with van der Waals surface area (Å²) in [6.07, 6.45) is 0. The topological polar surface area (TPSA) is 72.5 Å². The number of rotatable bonds is 2. The average molecular weight is 179 g/mol. The fraction of sp³-hybridized carbons (Fsp3) is 0. The molecule has 1 heterocycles. The highest BCUT2D eigenvalue weighted by molar-refractivity contribution is 7.33. The van der Waals surface area contributed by atoms with Gasteiger partial charge >= 0.3 is 8.25 Å². The van der Waals surface area contributed by atoms with E-state index in [1.54, 1.807) is 5.38 Å². The van der Waals surface area contributed by atoms with Crippen molar-refractivity contribution in [2.45, 2.75) is 0 Å². The molecular formula is C4H6NO3PS. The highest BCUT2D eigenvalue weighted by Crippen LogP contribution is 2.30. The molecule has 0 fully saturated rings. The van der Waals surface area contributed by atoms with Gasteiger partial charge in [-0.1, -0.05) is 0 Å². The summed E-state index contributed by atoms with van der Waals surface area (Å²) in [6.45, 7) is 0. The molecule has 0 aliphatic heterocycles. The number of thiophene rings is 1. The first kappa shape index (κ1) is 7.60. The lowest BCUT2D eigenvalue weighted by atomic mass is 10.6. The predicted molar refractivity (Wildman–Crippen MR) is 40.6 cm³/mol. The molecule has 56 valence electrons. The first-order valence-electron chi connectivity index (χ1n) is 2.43. The Hall–Kier alpha value is -0.510. The van der Waals surface area contributed by atoms with E-state index in [1.807, 2.05) is 0 Å². The largest absolute Gasteiger partial charge is 0.416 e. The fourth-order valence-corrected chi connectivity index (χ4v) is 1.63. The maximum atomic E-state index is 10.1. The van der Waals surface area contributed by atoms with Crippen LogP contribution in [0, 0.1) is 0 Å². The Balaban J connectivity index is 2.67. The molecule has 6 heteroatoms. The third-order valence-corrected chi connectivity index (χ3v) is 2.15. The van der Waals surface area contributed by atoms with Gasteiger partial charge in [0.1, 0.15) is 0 Å². The molecule has 0 saturated carbocycles. The zero-order valence-corrected chi connectivity index (χ0v) is 6.72. The van der Waals surface area contributed by atoms with Crippen molar-refractivity contribution in [2.24, 2.45) is 0 Å². The van der Waals surface area contributed by atoms with Gasteiger partial charge in [-0.2, -0.15) is 0 Å². The van der Waals surface area contributed by atoms with Crippen LogP contribution < -0.4 is 10.3 Å². The summed E-state index contributed by atoms with van der Waals surface area (Å²) in [6, 6.07) is 1.50. The second-order valence-electron chi connectivity index (χ2n) is 1.57. The molecule has 0 saturated heterocycles. The second kappa shape index (κ2) is 3.05. The predicted octanol–water partition coefficient (Wildman–Crippen LogP) is 1.09. The number of nitrogens with two attached hydrogens (primary N) is 1. The monoisotopic (exact) mass is 179 g/mol. The van der Waals surface area contributed by atoms with Gasteiger partial charge in [-0.25, -0.2) is 4.57 Å². The maximum absolute atomic E-state index is 10.1. The van der Waals surface area contributed by atoms with Crippen molar-refractivity contribution in [1.29, 1.82) is 0 Å². The van der Waals surface area contributed by atoms with E-state index in [1.165, 1.54) is 17.4 Å². The lowest BCUT2D eigenvalue weighted by Gasteiger charge is -1.93. The lowest BCUT2D eigenvalue weighted by molar-refractivity contribution is 0.415. The van der Waals surface area contributed by atoms with Crippen LogP contribution in [-0.4, -0.2) is 4.89 Å². The van der Waals surface area contributed by atoms with E-state index in [-0.39, 0.29) is 0 Å². The molecule has 0 aromatic carbocycles. The van der Waals surface area contributed by atoms with Gasteiger partial charge in [-0.05, 0) is 0 Å². The number of nitrogen functional groups attached to an aromatic ring is 1. The standard InChI is InChI=1S/C4H6NO3PS/c5-3-1-4(10-2-3)8-9(6)7/h1-2,9H,5H2,(H,6,7). The van der Waals surface area contributed by atoms with Crippen molar-refractivity contribution in [1.82, 2.24) is 0 Å². The van der Waals surface area contributed by atoms with Crippen LogP contribution in [0.3, 0.4) is 0 Å². The minimum Gasteiger partial charge on any atom is -0.416 e. The smallest absolute Gasteiger partial charge is 0.365 e. The first-order chi connectivity index (χ1) is 4.68. The summed E-state index contributed by atoms with van der Waals surface area (Å²) in [5.41, 5.74) is 5.86. The second-order valence-corrected chi connectivity index (χ2v) is 3.18. The molecule has 0 spiro atoms. The Morgan fingerprint density at radius 1 is 1.80 bits per heavy atom. The van der Waals surface area contributed by atoms with Crippen molar-refractivity contribution in [3.63, 3.8) is 0 Å². The zero-order valence-electron chi connectivity index (χ0n) is 4.90. The first-order valence-corrected chi connectivity index (χ1v) is 4.57. The van der Waals surface area contributed by atoms with Gasteiger partial charge in [-0.3, -0.25) is 0 Å². The number of hydrogen-bond donors (Lipinski definition) is 2. The third-order valence-electron chi connectivity index (χ3n) is 0.784. The van der Waals surface area contributed by atoms with Crippen LogP contribution in [0.15, 0.2) is 11.4 Å². The third kappa shape index (κ3) is 2.02. The Morgan fingerprint density at radius 2 is 2.50 bits per heavy atom. The summed E-state index contributed by atoms with van der Waals surface area (Å²) in [5.74, 6) is 0. The molecule has 1 atom stereocenters. The minimum atomic E-state index is -2.87. The quantitative estimate of drug-likeness (QED) is 0.666. The van der Waals surface area contributed by atoms with Crippen LogP contribution in [0.2, 0.25) is 0 Å². The van der Waals surface area contributed by atoms with E-state index < -0.39 is 8.25 Å². The van der Waals surface area contributed by atoms with Crippen LogP contribution in [0.4, 0.5) is 5.69 Å². The van der Waals surface area contributed by atoms with Gasteiger partial charge in [0.15, 0.2) is 5.06 Å². The Labute approximate surface area is 62.2 Å². The van der Waals surface area contributed by atoms with Crippen LogP contribution in [0.1, 0.15) is 0 Å². The molecule has 1 aromatic heterocycles. The van der Waals surface area contributed by atoms with Crippen LogP contribution >= 0.6 is 19.6 Å². The van der Waals surface area contributed by atoms with Gasteiger partial charge in [-0.15, -0.1) is 11.3 Å². The number of anilines is 1. The molecule has 0 aliphatic rings. The summed E-state index contributed by atoms with van der Waals surface area (Å²) in [5, 5.41) is 2.02. The summed E-state index contributed by atoms with van der Waals surface area (Å²) in [4.78, 5) is 8.30. The van der Waals surface area contributed by atoms with Crippen LogP contribution in [0.5, 0.6) is 5.06 Å². The summed E-state index contributed by atoms with van der Waals surface area (Å²) < 4.78 is 14.6. The molecular weight excluding hydrogens is 173 g/mol. The van der Waals surface area contributed by atoms with Crippen molar-refractivity contribution in [3.8, 4) is 5.06 Å². The molecule has 1 aromatic rings. The molecule has 1 unspecified atom stereocenters. The van der Waals surface area contributed by atoms with E-state index in [0.29, 0.717) is 10.8 Å². The zero-order chi connectivity index (χ0) is 7.56. The van der Waals surface area contributed by atoms with E-state index in [9.17, 15) is 4.57 Å². The highest BCUT2D eigenvalue weighted by Gasteiger charge is 1.98. The lowest BCUT2D eigenvalue weighted by Crippen LogP contribution is -1.77. The number of hydrogen-bond acceptors (Lipinski definition) is 4. The maximum Gasteiger partial charge on any atom is 0.365 e. The Kier molecular flexibility index (Phi) is 2.32. The van der Waals surface area contributed by atoms with E-state index in [0.717, 1.165) is 0 Å². The minimum absolute atomic E-state index is 0.379. The van der Waals surface area contributed by atoms with Crippen molar-refractivity contribution < 1.29 is 14.0 Å². The molecule has 1 rings (SSSR count). The van der Waals surface area contributed by atoms with E-state index in [2.05, 4.69) is 4.52 Å². The Bertz CT molecular complexity index is 248. The van der Waals surface area contributed by atoms with E-state index >= 15 is 0 Å². The van der Waals surface area contributed by atoms with Gasteiger partial charge in [0.2, 0.25) is 0 Å². The Morgan fingerprint density at radius 3 is 2.90 bits per heavy atom. The average Bonchev–Trinajstić information content (AvgIpc) is 2.13. The molecule has 0 bridgehead atoms. The molecule has 0 amide bonds. The van der Waals surface area contributed by atoms with Gasteiger partial charge in [0.05, 0.1) is 0 Å². The molecule has 10 heavy (non-hydrogen) atoms. The van der Waals surface area contributed by atoms with Gasteiger partial charge in [0.25, 0.3) is 0 Å². The SMILES string of the molecule is Nc1csc(O[PH](=O)O)c1. The van der Waals surface area contributed by atoms with E-state index in [4.69, 9.17) is 10.6 Å². The molecule has 0 aliphatic carbocycles. The van der Waals surface area contributed by atoms with Crippen molar-refractivity contribution in [2.75, 3.05) is 5.73 Å². The fourth-order valence-electron chi connectivity index (χ4n) is 0.470. The van der Waals surface area contributed by atoms with Gasteiger partial charge in [0, 0.05) is 17.1 Å². The summed E-state index contributed by atoms with van der Waals surface area (Å²) >= 11 is 1.20.